The van der Waals surface area contributed by atoms with Gasteiger partial charge < -0.3 is 10.6 Å². The van der Waals surface area contributed by atoms with Crippen LogP contribution in [0.1, 0.15) is 30.7 Å². The summed E-state index contributed by atoms with van der Waals surface area (Å²) >= 11 is 6.21. The van der Waals surface area contributed by atoms with Crippen LogP contribution in [-0.2, 0) is 4.79 Å². The molecule has 1 saturated heterocycles. The molecule has 0 spiro atoms. The van der Waals surface area contributed by atoms with Crippen LogP contribution in [0.3, 0.4) is 0 Å². The van der Waals surface area contributed by atoms with Crippen LogP contribution in [0.25, 0.3) is 0 Å². The largest absolute Gasteiger partial charge is 0.340 e. The van der Waals surface area contributed by atoms with Gasteiger partial charge in [0.15, 0.2) is 0 Å². The van der Waals surface area contributed by atoms with Crippen LogP contribution in [0.2, 0.25) is 5.02 Å². The highest BCUT2D eigenvalue weighted by Gasteiger charge is 2.49. The number of amides is 1. The Kier molecular flexibility index (Phi) is 2.83. The molecule has 2 aliphatic rings. The van der Waals surface area contributed by atoms with Crippen LogP contribution in [0.5, 0.6) is 0 Å². The Bertz CT molecular complexity index is 484. The number of likely N-dealkylation sites (tertiary alicyclic amines) is 1. The van der Waals surface area contributed by atoms with Gasteiger partial charge in [-0.3, -0.25) is 4.79 Å². The van der Waals surface area contributed by atoms with E-state index in [1.54, 1.807) is 0 Å². The Morgan fingerprint density at radius 1 is 1.39 bits per heavy atom. The number of hydrogen-bond acceptors (Lipinski definition) is 2. The molecule has 1 amide bonds. The maximum absolute atomic E-state index is 12.2. The monoisotopic (exact) mass is 264 g/mol. The average molecular weight is 265 g/mol. The van der Waals surface area contributed by atoms with Gasteiger partial charge in [0, 0.05) is 24.0 Å². The molecule has 0 unspecified atom stereocenters. The molecule has 1 saturated carbocycles. The molecule has 0 aromatic heterocycles. The number of hydrogen-bond donors (Lipinski definition) is 1. The van der Waals surface area contributed by atoms with Gasteiger partial charge in [0.25, 0.3) is 0 Å². The first-order chi connectivity index (χ1) is 8.60. The highest BCUT2D eigenvalue weighted by molar-refractivity contribution is 6.31. The highest BCUT2D eigenvalue weighted by Crippen LogP contribution is 2.38. The summed E-state index contributed by atoms with van der Waals surface area (Å²) < 4.78 is 0. The van der Waals surface area contributed by atoms with Crippen molar-refractivity contribution in [1.29, 1.82) is 0 Å². The third-order valence-corrected chi connectivity index (χ3v) is 4.38. The van der Waals surface area contributed by atoms with Gasteiger partial charge in [-0.15, -0.1) is 0 Å². The Morgan fingerprint density at radius 2 is 2.11 bits per heavy atom. The van der Waals surface area contributed by atoms with Crippen LogP contribution >= 0.6 is 11.6 Å². The van der Waals surface area contributed by atoms with Crippen molar-refractivity contribution in [3.05, 3.63) is 34.9 Å². The fourth-order valence-electron chi connectivity index (χ4n) is 2.67. The molecule has 4 heteroatoms. The minimum absolute atomic E-state index is 0.122. The Morgan fingerprint density at radius 3 is 2.78 bits per heavy atom. The molecule has 96 valence electrons. The topological polar surface area (TPSA) is 46.3 Å². The van der Waals surface area contributed by atoms with E-state index in [2.05, 4.69) is 6.07 Å². The van der Waals surface area contributed by atoms with Gasteiger partial charge in [0.1, 0.15) is 0 Å². The molecule has 0 radical (unpaired) electrons. The van der Waals surface area contributed by atoms with Crippen LogP contribution in [0.4, 0.5) is 0 Å². The summed E-state index contributed by atoms with van der Waals surface area (Å²) in [4.78, 5) is 14.1. The first-order valence-corrected chi connectivity index (χ1v) is 6.81. The molecule has 2 N–H and O–H groups in total. The molecule has 1 aromatic rings. The molecule has 3 nitrogen and oxygen atoms in total. The van der Waals surface area contributed by atoms with Crippen molar-refractivity contribution >= 4 is 17.5 Å². The highest BCUT2D eigenvalue weighted by atomic mass is 35.5. The van der Waals surface area contributed by atoms with E-state index in [1.165, 1.54) is 0 Å². The van der Waals surface area contributed by atoms with E-state index in [0.717, 1.165) is 42.9 Å². The molecule has 2 fully saturated rings. The van der Waals surface area contributed by atoms with Gasteiger partial charge in [0.05, 0.1) is 5.54 Å². The lowest BCUT2D eigenvalue weighted by molar-refractivity contribution is -0.132. The van der Waals surface area contributed by atoms with Crippen molar-refractivity contribution in [2.75, 3.05) is 13.1 Å². The fraction of sp³-hybridized carbons (Fsp3) is 0.500. The van der Waals surface area contributed by atoms with E-state index in [9.17, 15) is 4.79 Å². The van der Waals surface area contributed by atoms with E-state index >= 15 is 0 Å². The minimum Gasteiger partial charge on any atom is -0.340 e. The molecule has 3 rings (SSSR count). The summed E-state index contributed by atoms with van der Waals surface area (Å²) in [6.07, 6.45) is 2.64. The Hall–Kier alpha value is -1.06. The molecule has 1 aliphatic heterocycles. The quantitative estimate of drug-likeness (QED) is 0.890. The van der Waals surface area contributed by atoms with Crippen molar-refractivity contribution in [3.63, 3.8) is 0 Å². The zero-order chi connectivity index (χ0) is 12.8. The van der Waals surface area contributed by atoms with Crippen LogP contribution in [0.15, 0.2) is 24.3 Å². The summed E-state index contributed by atoms with van der Waals surface area (Å²) in [6.45, 7) is 1.55. The minimum atomic E-state index is -0.546. The second-order valence-corrected chi connectivity index (χ2v) is 5.82. The lowest BCUT2D eigenvalue weighted by Crippen LogP contribution is -2.44. The van der Waals surface area contributed by atoms with Gasteiger partial charge in [-0.1, -0.05) is 29.8 Å². The Balaban J connectivity index is 1.72. The van der Waals surface area contributed by atoms with Gasteiger partial charge >= 0.3 is 0 Å². The van der Waals surface area contributed by atoms with E-state index in [1.807, 2.05) is 23.1 Å². The smallest absolute Gasteiger partial charge is 0.242 e. The van der Waals surface area contributed by atoms with E-state index < -0.39 is 5.54 Å². The zero-order valence-electron chi connectivity index (χ0n) is 10.2. The summed E-state index contributed by atoms with van der Waals surface area (Å²) in [5.41, 5.74) is 6.57. The summed E-state index contributed by atoms with van der Waals surface area (Å²) in [5, 5.41) is 0.797. The number of nitrogens with two attached hydrogens (primary N) is 1. The molecule has 1 heterocycles. The van der Waals surface area contributed by atoms with Crippen LogP contribution in [0, 0.1) is 0 Å². The molecule has 1 aromatic carbocycles. The van der Waals surface area contributed by atoms with Gasteiger partial charge in [-0.2, -0.15) is 0 Å². The van der Waals surface area contributed by atoms with Crippen LogP contribution in [-0.4, -0.2) is 29.4 Å². The normalized spacial score (nSPS) is 25.2. The van der Waals surface area contributed by atoms with Gasteiger partial charge in [0.2, 0.25) is 5.91 Å². The van der Waals surface area contributed by atoms with Gasteiger partial charge in [-0.05, 0) is 30.9 Å². The van der Waals surface area contributed by atoms with Gasteiger partial charge in [-0.25, -0.2) is 0 Å². The standard InChI is InChI=1S/C14H17ClN2O/c15-12-4-2-1-3-11(12)10-5-8-17(9-10)13(18)14(16)6-7-14/h1-4,10H,5-9,16H2/t10-/m1/s1. The molecular weight excluding hydrogens is 248 g/mol. The summed E-state index contributed by atoms with van der Waals surface area (Å²) in [5.74, 6) is 0.474. The van der Waals surface area contributed by atoms with E-state index in [4.69, 9.17) is 17.3 Å². The van der Waals surface area contributed by atoms with Crippen molar-refractivity contribution < 1.29 is 4.79 Å². The molecule has 1 aliphatic carbocycles. The lowest BCUT2D eigenvalue weighted by atomic mass is 9.98. The molecule has 1 atom stereocenters. The lowest BCUT2D eigenvalue weighted by Gasteiger charge is -2.20. The molecular formula is C14H17ClN2O. The predicted octanol–water partition coefficient (Wildman–Crippen LogP) is 2.15. The van der Waals surface area contributed by atoms with Crippen molar-refractivity contribution in [2.45, 2.75) is 30.7 Å². The number of nitrogens with zero attached hydrogens (tertiary/aromatic N) is 1. The fourth-order valence-corrected chi connectivity index (χ4v) is 2.96. The SMILES string of the molecule is NC1(C(=O)N2CC[C@@H](c3ccccc3Cl)C2)CC1. The van der Waals surface area contributed by atoms with Crippen molar-refractivity contribution in [1.82, 2.24) is 4.90 Å². The second-order valence-electron chi connectivity index (χ2n) is 5.41. The zero-order valence-corrected chi connectivity index (χ0v) is 11.0. The number of carbonyl (C=O) groups is 1. The average Bonchev–Trinajstić information content (AvgIpc) is 2.94. The number of halogens is 1. The first-order valence-electron chi connectivity index (χ1n) is 6.43. The third kappa shape index (κ3) is 2.02. The second kappa shape index (κ2) is 4.25. The Labute approximate surface area is 112 Å². The predicted molar refractivity (Wildman–Crippen MR) is 71.5 cm³/mol. The number of rotatable bonds is 2. The summed E-state index contributed by atoms with van der Waals surface area (Å²) in [6, 6.07) is 7.89. The maximum atomic E-state index is 12.2. The van der Waals surface area contributed by atoms with Crippen molar-refractivity contribution in [2.24, 2.45) is 5.73 Å². The van der Waals surface area contributed by atoms with E-state index in [-0.39, 0.29) is 5.91 Å². The summed E-state index contributed by atoms with van der Waals surface area (Å²) in [7, 11) is 0. The molecule has 18 heavy (non-hydrogen) atoms. The maximum Gasteiger partial charge on any atom is 0.242 e. The molecule has 0 bridgehead atoms. The third-order valence-electron chi connectivity index (χ3n) is 4.04. The number of benzene rings is 1. The number of carbonyl (C=O) groups excluding carboxylic acids is 1. The van der Waals surface area contributed by atoms with E-state index in [0.29, 0.717) is 5.92 Å². The first kappa shape index (κ1) is 12.0. The van der Waals surface area contributed by atoms with Crippen molar-refractivity contribution in [3.8, 4) is 0 Å². The van der Waals surface area contributed by atoms with Crippen LogP contribution < -0.4 is 5.73 Å².